The molecule has 1 N–H and O–H groups in total. The standard InChI is InChI=1S/C14H20BrN3O/c1-2-17(12-5-6-16-8-12)14(19)13-7-10(15)9-18(13)11-3-4-11/h7,9,11-12,16H,2-6,8H2,1H3. The number of likely N-dealkylation sites (N-methyl/N-ethyl adjacent to an activating group) is 1. The second kappa shape index (κ2) is 5.29. The van der Waals surface area contributed by atoms with Gasteiger partial charge in [-0.25, -0.2) is 0 Å². The van der Waals surface area contributed by atoms with Crippen molar-refractivity contribution in [2.24, 2.45) is 0 Å². The molecule has 1 unspecified atom stereocenters. The molecule has 2 fully saturated rings. The number of hydrogen-bond donors (Lipinski definition) is 1. The lowest BCUT2D eigenvalue weighted by molar-refractivity contribution is 0.0692. The molecule has 3 rings (SSSR count). The van der Waals surface area contributed by atoms with Crippen LogP contribution in [0.2, 0.25) is 0 Å². The number of carbonyl (C=O) groups excluding carboxylic acids is 1. The van der Waals surface area contributed by atoms with Gasteiger partial charge >= 0.3 is 0 Å². The number of halogens is 1. The van der Waals surface area contributed by atoms with Crippen LogP contribution in [0.5, 0.6) is 0 Å². The molecular weight excluding hydrogens is 306 g/mol. The first-order valence-electron chi connectivity index (χ1n) is 7.09. The van der Waals surface area contributed by atoms with Crippen LogP contribution >= 0.6 is 15.9 Å². The van der Waals surface area contributed by atoms with Crippen molar-refractivity contribution in [2.75, 3.05) is 19.6 Å². The fourth-order valence-corrected chi connectivity index (χ4v) is 3.33. The summed E-state index contributed by atoms with van der Waals surface area (Å²) in [6.07, 6.45) is 5.49. The molecule has 0 radical (unpaired) electrons. The zero-order valence-electron chi connectivity index (χ0n) is 11.2. The number of carbonyl (C=O) groups is 1. The molecule has 2 aliphatic rings. The Kier molecular flexibility index (Phi) is 3.67. The third kappa shape index (κ3) is 2.58. The van der Waals surface area contributed by atoms with E-state index in [9.17, 15) is 4.79 Å². The number of hydrogen-bond acceptors (Lipinski definition) is 2. The van der Waals surface area contributed by atoms with E-state index in [1.165, 1.54) is 12.8 Å². The van der Waals surface area contributed by atoms with Crippen LogP contribution in [0, 0.1) is 0 Å². The van der Waals surface area contributed by atoms with Gasteiger partial charge in [0.25, 0.3) is 5.91 Å². The summed E-state index contributed by atoms with van der Waals surface area (Å²) < 4.78 is 3.15. The summed E-state index contributed by atoms with van der Waals surface area (Å²) >= 11 is 3.50. The smallest absolute Gasteiger partial charge is 0.270 e. The molecular formula is C14H20BrN3O. The summed E-state index contributed by atoms with van der Waals surface area (Å²) in [6.45, 7) is 4.78. The minimum atomic E-state index is 0.175. The second-order valence-corrected chi connectivity index (χ2v) is 6.34. The highest BCUT2D eigenvalue weighted by atomic mass is 79.9. The van der Waals surface area contributed by atoms with E-state index in [2.05, 4.69) is 32.7 Å². The highest BCUT2D eigenvalue weighted by Gasteiger charge is 2.32. The normalized spacial score (nSPS) is 22.7. The third-order valence-corrected chi connectivity index (χ3v) is 4.48. The molecule has 2 heterocycles. The molecule has 1 aromatic heterocycles. The maximum absolute atomic E-state index is 12.8. The van der Waals surface area contributed by atoms with Crippen molar-refractivity contribution < 1.29 is 4.79 Å². The van der Waals surface area contributed by atoms with Crippen molar-refractivity contribution in [3.63, 3.8) is 0 Å². The summed E-state index contributed by atoms with van der Waals surface area (Å²) in [6, 6.07) is 2.84. The monoisotopic (exact) mass is 325 g/mol. The third-order valence-electron chi connectivity index (χ3n) is 4.05. The fraction of sp³-hybridized carbons (Fsp3) is 0.643. The zero-order valence-corrected chi connectivity index (χ0v) is 12.8. The Morgan fingerprint density at radius 2 is 2.32 bits per heavy atom. The average molecular weight is 326 g/mol. The van der Waals surface area contributed by atoms with E-state index >= 15 is 0 Å². The predicted molar refractivity (Wildman–Crippen MR) is 78.4 cm³/mol. The molecule has 0 spiro atoms. The second-order valence-electron chi connectivity index (χ2n) is 5.42. The van der Waals surface area contributed by atoms with Crippen LogP contribution in [0.15, 0.2) is 16.7 Å². The largest absolute Gasteiger partial charge is 0.339 e. The maximum atomic E-state index is 12.8. The van der Waals surface area contributed by atoms with E-state index in [0.29, 0.717) is 12.1 Å². The number of nitrogens with zero attached hydrogens (tertiary/aromatic N) is 2. The first-order chi connectivity index (χ1) is 9.20. The van der Waals surface area contributed by atoms with Crippen LogP contribution in [-0.4, -0.2) is 41.1 Å². The molecule has 1 atom stereocenters. The molecule has 1 aliphatic carbocycles. The molecule has 4 nitrogen and oxygen atoms in total. The van der Waals surface area contributed by atoms with E-state index < -0.39 is 0 Å². The topological polar surface area (TPSA) is 37.3 Å². The molecule has 1 aliphatic heterocycles. The van der Waals surface area contributed by atoms with Gasteiger partial charge in [0.05, 0.1) is 0 Å². The van der Waals surface area contributed by atoms with E-state index in [0.717, 1.165) is 36.2 Å². The highest BCUT2D eigenvalue weighted by Crippen LogP contribution is 2.37. The minimum absolute atomic E-state index is 0.175. The maximum Gasteiger partial charge on any atom is 0.270 e. The molecule has 1 aromatic rings. The van der Waals surface area contributed by atoms with Crippen molar-refractivity contribution in [3.05, 3.63) is 22.4 Å². The summed E-state index contributed by atoms with van der Waals surface area (Å²) in [4.78, 5) is 14.8. The van der Waals surface area contributed by atoms with E-state index in [1.807, 2.05) is 17.2 Å². The van der Waals surface area contributed by atoms with Crippen molar-refractivity contribution in [2.45, 2.75) is 38.3 Å². The first-order valence-corrected chi connectivity index (χ1v) is 7.89. The van der Waals surface area contributed by atoms with E-state index in [1.54, 1.807) is 0 Å². The fourth-order valence-electron chi connectivity index (χ4n) is 2.89. The van der Waals surface area contributed by atoms with Crippen molar-refractivity contribution in [3.8, 4) is 0 Å². The first kappa shape index (κ1) is 13.2. The van der Waals surface area contributed by atoms with Crippen LogP contribution in [0.1, 0.15) is 42.7 Å². The number of amides is 1. The van der Waals surface area contributed by atoms with Gasteiger partial charge < -0.3 is 14.8 Å². The van der Waals surface area contributed by atoms with Gasteiger partial charge in [-0.1, -0.05) is 0 Å². The molecule has 5 heteroatoms. The van der Waals surface area contributed by atoms with Crippen LogP contribution < -0.4 is 5.32 Å². The number of aromatic nitrogens is 1. The summed E-state index contributed by atoms with van der Waals surface area (Å²) in [5.41, 5.74) is 0.836. The molecule has 1 amide bonds. The quantitative estimate of drug-likeness (QED) is 0.923. The van der Waals surface area contributed by atoms with Gasteiger partial charge in [-0.3, -0.25) is 4.79 Å². The average Bonchev–Trinajstić information content (AvgIpc) is 2.95. The van der Waals surface area contributed by atoms with Gasteiger partial charge in [0, 0.05) is 35.8 Å². The van der Waals surface area contributed by atoms with Crippen molar-refractivity contribution in [1.29, 1.82) is 0 Å². The molecule has 1 saturated heterocycles. The Balaban J connectivity index is 1.85. The Morgan fingerprint density at radius 1 is 1.53 bits per heavy atom. The highest BCUT2D eigenvalue weighted by molar-refractivity contribution is 9.10. The SMILES string of the molecule is CCN(C(=O)c1cc(Br)cn1C1CC1)C1CCNC1. The van der Waals surface area contributed by atoms with E-state index in [-0.39, 0.29) is 5.91 Å². The number of nitrogens with one attached hydrogen (secondary N) is 1. The summed E-state index contributed by atoms with van der Waals surface area (Å²) in [5.74, 6) is 0.175. The van der Waals surface area contributed by atoms with Crippen molar-refractivity contribution in [1.82, 2.24) is 14.8 Å². The van der Waals surface area contributed by atoms with Crippen molar-refractivity contribution >= 4 is 21.8 Å². The van der Waals surface area contributed by atoms with Gasteiger partial charge in [-0.15, -0.1) is 0 Å². The lowest BCUT2D eigenvalue weighted by atomic mass is 10.2. The predicted octanol–water partition coefficient (Wildman–Crippen LogP) is 2.41. The van der Waals surface area contributed by atoms with Gasteiger partial charge in [0.1, 0.15) is 5.69 Å². The Morgan fingerprint density at radius 3 is 2.89 bits per heavy atom. The summed E-state index contributed by atoms with van der Waals surface area (Å²) in [7, 11) is 0. The molecule has 1 saturated carbocycles. The van der Waals surface area contributed by atoms with Gasteiger partial charge in [0.2, 0.25) is 0 Å². The number of rotatable bonds is 4. The van der Waals surface area contributed by atoms with Gasteiger partial charge in [0.15, 0.2) is 0 Å². The lowest BCUT2D eigenvalue weighted by Gasteiger charge is -2.27. The Bertz CT molecular complexity index is 475. The van der Waals surface area contributed by atoms with Gasteiger partial charge in [-0.05, 0) is 54.7 Å². The molecule has 0 aromatic carbocycles. The van der Waals surface area contributed by atoms with Crippen LogP contribution in [-0.2, 0) is 0 Å². The van der Waals surface area contributed by atoms with E-state index in [4.69, 9.17) is 0 Å². The van der Waals surface area contributed by atoms with Crippen LogP contribution in [0.4, 0.5) is 0 Å². The molecule has 104 valence electrons. The zero-order chi connectivity index (χ0) is 13.4. The van der Waals surface area contributed by atoms with Crippen LogP contribution in [0.25, 0.3) is 0 Å². The summed E-state index contributed by atoms with van der Waals surface area (Å²) in [5, 5.41) is 3.34. The van der Waals surface area contributed by atoms with Gasteiger partial charge in [-0.2, -0.15) is 0 Å². The Hall–Kier alpha value is -0.810. The Labute approximate surface area is 122 Å². The minimum Gasteiger partial charge on any atom is -0.339 e. The lowest BCUT2D eigenvalue weighted by Crippen LogP contribution is -2.42. The van der Waals surface area contributed by atoms with Crippen LogP contribution in [0.3, 0.4) is 0 Å². The molecule has 19 heavy (non-hydrogen) atoms. The molecule has 0 bridgehead atoms.